The summed E-state index contributed by atoms with van der Waals surface area (Å²) in [7, 11) is 0. The fourth-order valence-corrected chi connectivity index (χ4v) is 6.61. The third-order valence-corrected chi connectivity index (χ3v) is 8.27. The molecule has 2 aliphatic carbocycles. The Kier molecular flexibility index (Phi) is 5.94. The number of carbonyl (C=O) groups is 1. The number of allylic oxidation sites excluding steroid dienone is 1. The molecule has 3 heteroatoms. The van der Waals surface area contributed by atoms with Gasteiger partial charge in [0.15, 0.2) is 0 Å². The molecule has 2 saturated carbocycles. The molecular formula is C29H35NO2. The molecule has 32 heavy (non-hydrogen) atoms. The van der Waals surface area contributed by atoms with Crippen molar-refractivity contribution in [2.24, 2.45) is 23.2 Å². The number of benzene rings is 2. The zero-order chi connectivity index (χ0) is 22.1. The lowest BCUT2D eigenvalue weighted by atomic mass is 9.55. The van der Waals surface area contributed by atoms with Crippen LogP contribution >= 0.6 is 0 Å². The minimum absolute atomic E-state index is 0.0129. The van der Waals surface area contributed by atoms with Crippen molar-refractivity contribution >= 4 is 5.97 Å². The molecule has 168 valence electrons. The van der Waals surface area contributed by atoms with Gasteiger partial charge in [-0.25, -0.2) is 0 Å². The van der Waals surface area contributed by atoms with Crippen molar-refractivity contribution in [3.8, 4) is 0 Å². The van der Waals surface area contributed by atoms with Crippen LogP contribution in [0.5, 0.6) is 0 Å². The predicted molar refractivity (Wildman–Crippen MR) is 128 cm³/mol. The molecule has 1 heterocycles. The standard InChI is InChI=1S/C29H35NO2/c1-21-10-9-15-29(2)17-27-24(16-26(21)29)25(28(31)32-27)20-30(18-22-11-5-3-6-12-22)19-23-13-7-4-8-14-23/h3-8,11-14,24-27H,1,9-10,15-20H2,2H3/t24-,25-,26+,27+,29+/m0/s1. The normalized spacial score (nSPS) is 31.8. The van der Waals surface area contributed by atoms with Crippen LogP contribution < -0.4 is 0 Å². The van der Waals surface area contributed by atoms with Crippen LogP contribution in [0.2, 0.25) is 0 Å². The molecule has 5 rings (SSSR count). The maximum absolute atomic E-state index is 13.1. The second-order valence-corrected chi connectivity index (χ2v) is 10.5. The van der Waals surface area contributed by atoms with E-state index in [1.807, 2.05) is 0 Å². The Labute approximate surface area is 192 Å². The van der Waals surface area contributed by atoms with Crippen LogP contribution in [0.1, 0.15) is 50.2 Å². The average Bonchev–Trinajstić information content (AvgIpc) is 3.07. The molecule has 3 nitrogen and oxygen atoms in total. The number of rotatable bonds is 6. The summed E-state index contributed by atoms with van der Waals surface area (Å²) in [4.78, 5) is 15.5. The van der Waals surface area contributed by atoms with Gasteiger partial charge < -0.3 is 4.74 Å². The Morgan fingerprint density at radius 3 is 2.28 bits per heavy atom. The Morgan fingerprint density at radius 2 is 1.66 bits per heavy atom. The van der Waals surface area contributed by atoms with E-state index in [2.05, 4.69) is 79.1 Å². The van der Waals surface area contributed by atoms with Gasteiger partial charge in [0.05, 0.1) is 5.92 Å². The van der Waals surface area contributed by atoms with Gasteiger partial charge in [-0.3, -0.25) is 9.69 Å². The third kappa shape index (κ3) is 4.28. The van der Waals surface area contributed by atoms with E-state index < -0.39 is 0 Å². The first kappa shape index (κ1) is 21.5. The summed E-state index contributed by atoms with van der Waals surface area (Å²) in [6, 6.07) is 21.2. The minimum atomic E-state index is -0.0494. The van der Waals surface area contributed by atoms with E-state index in [1.165, 1.54) is 29.5 Å². The molecule has 3 aliphatic rings. The zero-order valence-electron chi connectivity index (χ0n) is 19.2. The van der Waals surface area contributed by atoms with Crippen LogP contribution in [-0.4, -0.2) is 23.5 Å². The lowest BCUT2D eigenvalue weighted by Gasteiger charge is -2.50. The van der Waals surface area contributed by atoms with Crippen LogP contribution in [-0.2, 0) is 22.6 Å². The molecule has 0 aromatic heterocycles. The van der Waals surface area contributed by atoms with Crippen LogP contribution in [0, 0.1) is 23.2 Å². The summed E-state index contributed by atoms with van der Waals surface area (Å²) in [5.74, 6) is 0.807. The Balaban J connectivity index is 1.36. The fraction of sp³-hybridized carbons (Fsp3) is 0.483. The number of nitrogens with zero attached hydrogens (tertiary/aromatic N) is 1. The molecule has 0 radical (unpaired) electrons. The fourth-order valence-electron chi connectivity index (χ4n) is 6.61. The number of hydrogen-bond donors (Lipinski definition) is 0. The topological polar surface area (TPSA) is 29.5 Å². The largest absolute Gasteiger partial charge is 0.462 e. The van der Waals surface area contributed by atoms with Crippen molar-refractivity contribution in [3.63, 3.8) is 0 Å². The zero-order valence-corrected chi connectivity index (χ0v) is 19.2. The second kappa shape index (κ2) is 8.86. The predicted octanol–water partition coefficient (Wildman–Crippen LogP) is 6.00. The first-order valence-corrected chi connectivity index (χ1v) is 12.2. The van der Waals surface area contributed by atoms with E-state index in [1.54, 1.807) is 0 Å². The summed E-state index contributed by atoms with van der Waals surface area (Å²) >= 11 is 0. The van der Waals surface area contributed by atoms with Gasteiger partial charge in [0.1, 0.15) is 6.10 Å². The molecule has 0 bridgehead atoms. The summed E-state index contributed by atoms with van der Waals surface area (Å²) in [6.45, 7) is 9.26. The molecule has 1 saturated heterocycles. The van der Waals surface area contributed by atoms with E-state index in [9.17, 15) is 4.79 Å². The highest BCUT2D eigenvalue weighted by molar-refractivity contribution is 5.75. The maximum atomic E-state index is 13.1. The number of fused-ring (bicyclic) bond motifs is 2. The van der Waals surface area contributed by atoms with E-state index in [0.717, 1.165) is 38.9 Å². The highest BCUT2D eigenvalue weighted by Crippen LogP contribution is 2.57. The van der Waals surface area contributed by atoms with Crippen LogP contribution in [0.4, 0.5) is 0 Å². The smallest absolute Gasteiger partial charge is 0.310 e. The third-order valence-electron chi connectivity index (χ3n) is 8.27. The minimum Gasteiger partial charge on any atom is -0.462 e. The van der Waals surface area contributed by atoms with Crippen LogP contribution in [0.25, 0.3) is 0 Å². The van der Waals surface area contributed by atoms with Crippen LogP contribution in [0.3, 0.4) is 0 Å². The van der Waals surface area contributed by atoms with Crippen molar-refractivity contribution in [2.75, 3.05) is 6.54 Å². The first-order valence-electron chi connectivity index (χ1n) is 12.2. The summed E-state index contributed by atoms with van der Waals surface area (Å²) in [5, 5.41) is 0. The lowest BCUT2D eigenvalue weighted by Crippen LogP contribution is -2.45. The number of hydrogen-bond acceptors (Lipinski definition) is 3. The second-order valence-electron chi connectivity index (χ2n) is 10.5. The Hall–Kier alpha value is -2.39. The molecule has 1 aliphatic heterocycles. The number of ether oxygens (including phenoxy) is 1. The highest BCUT2D eigenvalue weighted by atomic mass is 16.6. The SMILES string of the molecule is C=C1CCC[C@]2(C)C[C@H]3OC(=O)[C@@H](CN(Cc4ccccc4)Cc4ccccc4)[C@@H]3C[C@H]12. The number of esters is 1. The molecule has 0 spiro atoms. The van der Waals surface area contributed by atoms with Gasteiger partial charge in [-0.15, -0.1) is 0 Å². The Morgan fingerprint density at radius 1 is 1.03 bits per heavy atom. The molecular weight excluding hydrogens is 394 g/mol. The van der Waals surface area contributed by atoms with E-state index in [4.69, 9.17) is 4.74 Å². The summed E-state index contributed by atoms with van der Waals surface area (Å²) in [5.41, 5.74) is 4.21. The van der Waals surface area contributed by atoms with Gasteiger partial charge in [-0.1, -0.05) is 79.7 Å². The molecule has 3 fully saturated rings. The van der Waals surface area contributed by atoms with E-state index in [-0.39, 0.29) is 23.4 Å². The summed E-state index contributed by atoms with van der Waals surface area (Å²) < 4.78 is 6.03. The molecule has 2 aromatic carbocycles. The maximum Gasteiger partial charge on any atom is 0.310 e. The molecule has 0 N–H and O–H groups in total. The van der Waals surface area contributed by atoms with Crippen molar-refractivity contribution in [1.82, 2.24) is 4.90 Å². The molecule has 5 atom stereocenters. The van der Waals surface area contributed by atoms with Gasteiger partial charge >= 0.3 is 5.97 Å². The first-order chi connectivity index (χ1) is 15.5. The molecule has 2 aromatic rings. The van der Waals surface area contributed by atoms with Crippen molar-refractivity contribution < 1.29 is 9.53 Å². The van der Waals surface area contributed by atoms with E-state index in [0.29, 0.717) is 11.8 Å². The Bertz CT molecular complexity index is 914. The highest BCUT2D eigenvalue weighted by Gasteiger charge is 2.55. The van der Waals surface area contributed by atoms with Gasteiger partial charge in [0, 0.05) is 25.6 Å². The lowest BCUT2D eigenvalue weighted by molar-refractivity contribution is -0.146. The molecule has 0 amide bonds. The quantitative estimate of drug-likeness (QED) is 0.416. The van der Waals surface area contributed by atoms with Gasteiger partial charge in [0.25, 0.3) is 0 Å². The van der Waals surface area contributed by atoms with Crippen LogP contribution in [0.15, 0.2) is 72.8 Å². The van der Waals surface area contributed by atoms with Gasteiger partial charge in [-0.2, -0.15) is 0 Å². The average molecular weight is 430 g/mol. The van der Waals surface area contributed by atoms with Gasteiger partial charge in [0.2, 0.25) is 0 Å². The van der Waals surface area contributed by atoms with Gasteiger partial charge in [-0.05, 0) is 54.6 Å². The monoisotopic (exact) mass is 429 g/mol. The molecule has 0 unspecified atom stereocenters. The number of carbonyl (C=O) groups excluding carboxylic acids is 1. The van der Waals surface area contributed by atoms with E-state index >= 15 is 0 Å². The van der Waals surface area contributed by atoms with Crippen molar-refractivity contribution in [2.45, 2.75) is 58.2 Å². The summed E-state index contributed by atoms with van der Waals surface area (Å²) in [6.07, 6.45) is 5.74. The van der Waals surface area contributed by atoms with Crippen molar-refractivity contribution in [3.05, 3.63) is 83.9 Å². The van der Waals surface area contributed by atoms with Crippen molar-refractivity contribution in [1.29, 1.82) is 0 Å².